The van der Waals surface area contributed by atoms with Crippen LogP contribution in [0.15, 0.2) is 30.4 Å². The van der Waals surface area contributed by atoms with Crippen molar-refractivity contribution in [1.82, 2.24) is 4.90 Å². The first-order valence-corrected chi connectivity index (χ1v) is 14.5. The first kappa shape index (κ1) is 33.5. The predicted octanol–water partition coefficient (Wildman–Crippen LogP) is 6.56. The number of amides is 1. The zero-order valence-electron chi connectivity index (χ0n) is 24.0. The van der Waals surface area contributed by atoms with Crippen LogP contribution in [0.25, 0.3) is 0 Å². The lowest BCUT2D eigenvalue weighted by molar-refractivity contribution is -0.137. The van der Waals surface area contributed by atoms with Crippen molar-refractivity contribution in [3.63, 3.8) is 0 Å². The van der Waals surface area contributed by atoms with Crippen molar-refractivity contribution < 1.29 is 29.3 Å². The molecule has 2 N–H and O–H groups in total. The Kier molecular flexibility index (Phi) is 18.9. The smallest absolute Gasteiger partial charge is 0.303 e. The van der Waals surface area contributed by atoms with Gasteiger partial charge in [0, 0.05) is 26.9 Å². The second-order valence-corrected chi connectivity index (χ2v) is 10.2. The van der Waals surface area contributed by atoms with E-state index < -0.39 is 5.97 Å². The van der Waals surface area contributed by atoms with Crippen LogP contribution >= 0.6 is 0 Å². The minimum absolute atomic E-state index is 0.0261. The monoisotopic (exact) mass is 533 g/mol. The van der Waals surface area contributed by atoms with Crippen LogP contribution in [0.4, 0.5) is 0 Å². The Morgan fingerprint density at radius 2 is 1.63 bits per heavy atom. The molecule has 1 unspecified atom stereocenters. The van der Waals surface area contributed by atoms with E-state index in [0.717, 1.165) is 50.5 Å². The summed E-state index contributed by atoms with van der Waals surface area (Å²) >= 11 is 0. The molecule has 0 aliphatic carbocycles. The number of unbranched alkanes of at least 4 members (excludes halogenated alkanes) is 8. The van der Waals surface area contributed by atoms with Crippen molar-refractivity contribution >= 4 is 11.9 Å². The molecule has 0 saturated heterocycles. The molecule has 0 saturated carbocycles. The number of aliphatic hydroxyl groups excluding tert-OH is 1. The van der Waals surface area contributed by atoms with E-state index in [-0.39, 0.29) is 18.4 Å². The number of aliphatic hydroxyl groups is 1. The van der Waals surface area contributed by atoms with Gasteiger partial charge in [-0.2, -0.15) is 0 Å². The van der Waals surface area contributed by atoms with Gasteiger partial charge in [0.2, 0.25) is 5.91 Å². The number of rotatable bonds is 23. The minimum Gasteiger partial charge on any atom is -0.494 e. The maximum atomic E-state index is 11.7. The number of carbonyl (C=O) groups excluding carboxylic acids is 1. The third-order valence-corrected chi connectivity index (χ3v) is 6.43. The van der Waals surface area contributed by atoms with Crippen LogP contribution in [-0.2, 0) is 16.0 Å². The van der Waals surface area contributed by atoms with E-state index in [2.05, 4.69) is 13.0 Å². The van der Waals surface area contributed by atoms with Crippen LogP contribution in [-0.4, -0.2) is 60.4 Å². The number of ether oxygens (including phenoxy) is 2. The molecule has 0 aromatic heterocycles. The fourth-order valence-electron chi connectivity index (χ4n) is 4.05. The predicted molar refractivity (Wildman–Crippen MR) is 153 cm³/mol. The molecule has 216 valence electrons. The van der Waals surface area contributed by atoms with Crippen LogP contribution in [0.1, 0.15) is 102 Å². The summed E-state index contributed by atoms with van der Waals surface area (Å²) in [6.45, 7) is 3.27. The Morgan fingerprint density at radius 1 is 0.921 bits per heavy atom. The van der Waals surface area contributed by atoms with Gasteiger partial charge in [-0.1, -0.05) is 57.6 Å². The number of carbonyl (C=O) groups is 2. The highest BCUT2D eigenvalue weighted by Crippen LogP contribution is 2.26. The number of allylic oxidation sites excluding steroid dienone is 1. The molecule has 1 amide bonds. The molecular formula is C31H51NO6. The van der Waals surface area contributed by atoms with Crippen LogP contribution in [0.3, 0.4) is 0 Å². The van der Waals surface area contributed by atoms with E-state index in [0.29, 0.717) is 37.6 Å². The molecule has 7 nitrogen and oxygen atoms in total. The average Bonchev–Trinajstić information content (AvgIpc) is 2.89. The highest BCUT2D eigenvalue weighted by Gasteiger charge is 2.09. The molecule has 0 aliphatic rings. The van der Waals surface area contributed by atoms with Crippen molar-refractivity contribution in [2.45, 2.75) is 109 Å². The number of aryl methyl sites for hydroxylation is 1. The Balaban J connectivity index is 2.35. The van der Waals surface area contributed by atoms with Crippen LogP contribution in [0, 0.1) is 0 Å². The Bertz CT molecular complexity index is 808. The SMILES string of the molecule is CCCCCCCCC(O)/C=C/CCCCOc1ccc(OCCCCC(=O)N(C)C)cc1CCC(=O)O. The summed E-state index contributed by atoms with van der Waals surface area (Å²) in [5.74, 6) is 0.638. The largest absolute Gasteiger partial charge is 0.494 e. The van der Waals surface area contributed by atoms with Crippen molar-refractivity contribution in [1.29, 1.82) is 0 Å². The van der Waals surface area contributed by atoms with Gasteiger partial charge in [0.15, 0.2) is 0 Å². The molecule has 1 aromatic rings. The van der Waals surface area contributed by atoms with Gasteiger partial charge in [-0.05, 0) is 68.7 Å². The van der Waals surface area contributed by atoms with E-state index in [1.165, 1.54) is 32.1 Å². The molecular weight excluding hydrogens is 482 g/mol. The molecule has 1 rings (SSSR count). The summed E-state index contributed by atoms with van der Waals surface area (Å²) in [5.41, 5.74) is 0.824. The molecule has 38 heavy (non-hydrogen) atoms. The van der Waals surface area contributed by atoms with Gasteiger partial charge in [0.25, 0.3) is 0 Å². The molecule has 0 aliphatic heterocycles. The topological polar surface area (TPSA) is 96.3 Å². The summed E-state index contributed by atoms with van der Waals surface area (Å²) in [6, 6.07) is 5.55. The number of benzene rings is 1. The first-order chi connectivity index (χ1) is 18.3. The van der Waals surface area contributed by atoms with E-state index in [4.69, 9.17) is 14.6 Å². The van der Waals surface area contributed by atoms with Crippen molar-refractivity contribution in [3.05, 3.63) is 35.9 Å². The number of hydrogen-bond acceptors (Lipinski definition) is 5. The van der Waals surface area contributed by atoms with Gasteiger partial charge in [0.1, 0.15) is 11.5 Å². The molecule has 0 radical (unpaired) electrons. The van der Waals surface area contributed by atoms with Crippen LogP contribution < -0.4 is 9.47 Å². The minimum atomic E-state index is -0.849. The van der Waals surface area contributed by atoms with Crippen molar-refractivity contribution in [2.75, 3.05) is 27.3 Å². The second-order valence-electron chi connectivity index (χ2n) is 10.2. The standard InChI is InChI=1S/C31H51NO6/c1-4-5-6-7-8-11-16-27(33)17-12-9-10-14-24-38-29-21-20-28(25-26(29)19-22-31(35)36)37-23-15-13-18-30(34)32(2)3/h12,17,20-21,25,27,33H,4-11,13-16,18-19,22-24H2,1-3H3,(H,35,36)/b17-12+. The van der Waals surface area contributed by atoms with E-state index in [9.17, 15) is 14.7 Å². The number of aliphatic carboxylic acids is 1. The molecule has 1 atom stereocenters. The van der Waals surface area contributed by atoms with Crippen molar-refractivity contribution in [2.24, 2.45) is 0 Å². The molecule has 1 aromatic carbocycles. The normalized spacial score (nSPS) is 12.0. The number of hydrogen-bond donors (Lipinski definition) is 2. The second kappa shape index (κ2) is 21.4. The van der Waals surface area contributed by atoms with Gasteiger partial charge >= 0.3 is 5.97 Å². The number of carboxylic acid groups (broad SMARTS) is 1. The highest BCUT2D eigenvalue weighted by atomic mass is 16.5. The summed E-state index contributed by atoms with van der Waals surface area (Å²) in [7, 11) is 3.50. The third kappa shape index (κ3) is 17.1. The molecule has 0 bridgehead atoms. The maximum absolute atomic E-state index is 11.7. The van der Waals surface area contributed by atoms with Crippen LogP contribution in [0.2, 0.25) is 0 Å². The van der Waals surface area contributed by atoms with Gasteiger partial charge in [0.05, 0.1) is 19.3 Å². The molecule has 0 heterocycles. The van der Waals surface area contributed by atoms with E-state index in [1.54, 1.807) is 19.0 Å². The van der Waals surface area contributed by atoms with Crippen molar-refractivity contribution in [3.8, 4) is 11.5 Å². The number of nitrogens with zero attached hydrogens (tertiary/aromatic N) is 1. The van der Waals surface area contributed by atoms with Gasteiger partial charge in [-0.25, -0.2) is 0 Å². The molecule has 7 heteroatoms. The fourth-order valence-corrected chi connectivity index (χ4v) is 4.05. The van der Waals surface area contributed by atoms with E-state index >= 15 is 0 Å². The maximum Gasteiger partial charge on any atom is 0.303 e. The molecule has 0 spiro atoms. The van der Waals surface area contributed by atoms with Crippen LogP contribution in [0.5, 0.6) is 11.5 Å². The van der Waals surface area contributed by atoms with Gasteiger partial charge in [-0.3, -0.25) is 9.59 Å². The third-order valence-electron chi connectivity index (χ3n) is 6.43. The zero-order chi connectivity index (χ0) is 28.0. The quantitative estimate of drug-likeness (QED) is 0.122. The first-order valence-electron chi connectivity index (χ1n) is 14.5. The fraction of sp³-hybridized carbons (Fsp3) is 0.677. The van der Waals surface area contributed by atoms with Gasteiger partial charge < -0.3 is 24.6 Å². The Hall–Kier alpha value is -2.54. The lowest BCUT2D eigenvalue weighted by Gasteiger charge is -2.14. The average molecular weight is 534 g/mol. The number of carboxylic acids is 1. The summed E-state index contributed by atoms with van der Waals surface area (Å²) in [6.07, 6.45) is 17.0. The Morgan fingerprint density at radius 3 is 2.37 bits per heavy atom. The lowest BCUT2D eigenvalue weighted by atomic mass is 10.1. The Labute approximate surface area is 230 Å². The summed E-state index contributed by atoms with van der Waals surface area (Å²) in [4.78, 5) is 24.3. The van der Waals surface area contributed by atoms with E-state index in [1.807, 2.05) is 24.3 Å². The summed E-state index contributed by atoms with van der Waals surface area (Å²) < 4.78 is 11.8. The lowest BCUT2D eigenvalue weighted by Crippen LogP contribution is -2.21. The van der Waals surface area contributed by atoms with Gasteiger partial charge in [-0.15, -0.1) is 0 Å². The highest BCUT2D eigenvalue weighted by molar-refractivity contribution is 5.75. The summed E-state index contributed by atoms with van der Waals surface area (Å²) in [5, 5.41) is 19.2. The molecule has 0 fully saturated rings. The zero-order valence-corrected chi connectivity index (χ0v) is 24.0.